The number of hydrogen-bond donors (Lipinski definition) is 2. The molecule has 10 nitrogen and oxygen atoms in total. The molecule has 0 unspecified atom stereocenters. The molecular weight excluding hydrogens is 340 g/mol. The average Bonchev–Trinajstić information content (AvgIpc) is 3.13. The van der Waals surface area contributed by atoms with Crippen molar-refractivity contribution >= 4 is 17.3 Å². The number of nitrogens with zero attached hydrogens (tertiary/aromatic N) is 5. The van der Waals surface area contributed by atoms with Gasteiger partial charge in [-0.2, -0.15) is 10.2 Å². The zero-order chi connectivity index (χ0) is 18.8. The number of aromatic nitrogens is 4. The molecule has 2 N–H and O–H groups in total. The summed E-state index contributed by atoms with van der Waals surface area (Å²) in [5.41, 5.74) is 1.32. The van der Waals surface area contributed by atoms with E-state index in [-0.39, 0.29) is 23.8 Å². The van der Waals surface area contributed by atoms with Crippen molar-refractivity contribution < 1.29 is 14.8 Å². The topological polar surface area (TPSA) is 128 Å². The number of phenolic OH excluding ortho intramolecular Hbond substituents is 1. The molecule has 2 heterocycles. The summed E-state index contributed by atoms with van der Waals surface area (Å²) in [4.78, 5) is 22.8. The predicted octanol–water partition coefficient (Wildman–Crippen LogP) is 2.07. The van der Waals surface area contributed by atoms with Crippen LogP contribution in [0.3, 0.4) is 0 Å². The molecule has 0 fully saturated rings. The number of rotatable bonds is 5. The summed E-state index contributed by atoms with van der Waals surface area (Å²) in [6.07, 6.45) is 1.58. The van der Waals surface area contributed by atoms with Crippen molar-refractivity contribution in [3.8, 4) is 5.75 Å². The van der Waals surface area contributed by atoms with E-state index in [1.54, 1.807) is 32.2 Å². The number of nitro groups is 1. The zero-order valence-electron chi connectivity index (χ0n) is 14.1. The van der Waals surface area contributed by atoms with Crippen LogP contribution in [0.2, 0.25) is 0 Å². The molecule has 1 aromatic carbocycles. The van der Waals surface area contributed by atoms with Crippen LogP contribution in [0.1, 0.15) is 21.9 Å². The molecule has 10 heteroatoms. The van der Waals surface area contributed by atoms with Gasteiger partial charge in [-0.3, -0.25) is 19.6 Å². The Morgan fingerprint density at radius 2 is 2.08 bits per heavy atom. The number of nitrogens with one attached hydrogen (secondary N) is 1. The van der Waals surface area contributed by atoms with Crippen molar-refractivity contribution in [2.75, 3.05) is 5.32 Å². The average molecular weight is 356 g/mol. The highest BCUT2D eigenvalue weighted by molar-refractivity contribution is 6.02. The molecule has 3 rings (SSSR count). The highest BCUT2D eigenvalue weighted by atomic mass is 16.6. The zero-order valence-corrected chi connectivity index (χ0v) is 14.1. The molecule has 0 aliphatic heterocycles. The molecule has 0 spiro atoms. The summed E-state index contributed by atoms with van der Waals surface area (Å²) in [6, 6.07) is 7.70. The molecule has 0 aliphatic rings. The van der Waals surface area contributed by atoms with Crippen molar-refractivity contribution in [2.45, 2.75) is 20.5 Å². The summed E-state index contributed by atoms with van der Waals surface area (Å²) in [5.74, 6) is -0.395. The van der Waals surface area contributed by atoms with Crippen LogP contribution in [0.25, 0.3) is 0 Å². The van der Waals surface area contributed by atoms with Gasteiger partial charge in [0, 0.05) is 18.0 Å². The van der Waals surface area contributed by atoms with E-state index >= 15 is 0 Å². The van der Waals surface area contributed by atoms with E-state index < -0.39 is 10.8 Å². The lowest BCUT2D eigenvalue weighted by molar-refractivity contribution is -0.386. The third-order valence-electron chi connectivity index (χ3n) is 3.78. The predicted molar refractivity (Wildman–Crippen MR) is 92.0 cm³/mol. The van der Waals surface area contributed by atoms with Gasteiger partial charge in [-0.15, -0.1) is 0 Å². The normalized spacial score (nSPS) is 10.7. The Hall–Kier alpha value is -3.69. The van der Waals surface area contributed by atoms with E-state index in [4.69, 9.17) is 0 Å². The van der Waals surface area contributed by atoms with Gasteiger partial charge in [-0.05, 0) is 32.0 Å². The van der Waals surface area contributed by atoms with Gasteiger partial charge < -0.3 is 10.4 Å². The molecule has 134 valence electrons. The molecule has 3 aromatic rings. The maximum absolute atomic E-state index is 12.2. The third-order valence-corrected chi connectivity index (χ3v) is 3.78. The van der Waals surface area contributed by atoms with Crippen LogP contribution in [-0.4, -0.2) is 35.5 Å². The molecule has 1 amide bonds. The number of anilines is 1. The second-order valence-electron chi connectivity index (χ2n) is 5.66. The van der Waals surface area contributed by atoms with Crippen LogP contribution in [0, 0.1) is 24.0 Å². The summed E-state index contributed by atoms with van der Waals surface area (Å²) in [6.45, 7) is 3.32. The molecule has 2 aromatic heterocycles. The first-order valence-electron chi connectivity index (χ1n) is 7.67. The summed E-state index contributed by atoms with van der Waals surface area (Å²) >= 11 is 0. The highest BCUT2D eigenvalue weighted by Gasteiger charge is 2.22. The maximum atomic E-state index is 12.2. The van der Waals surface area contributed by atoms with Crippen molar-refractivity contribution in [1.82, 2.24) is 19.6 Å². The second kappa shape index (κ2) is 6.67. The molecule has 26 heavy (non-hydrogen) atoms. The lowest BCUT2D eigenvalue weighted by Gasteiger charge is -2.05. The van der Waals surface area contributed by atoms with Crippen molar-refractivity contribution in [1.29, 1.82) is 0 Å². The molecule has 0 aliphatic carbocycles. The quantitative estimate of drug-likeness (QED) is 0.532. The molecular formula is C16H16N6O4. The number of carbonyl (C=O) groups is 1. The Labute approximate surface area is 147 Å². The number of carbonyl (C=O) groups excluding carboxylic acids is 1. The van der Waals surface area contributed by atoms with E-state index in [1.807, 2.05) is 0 Å². The van der Waals surface area contributed by atoms with Gasteiger partial charge in [0.1, 0.15) is 23.8 Å². The Morgan fingerprint density at radius 1 is 1.31 bits per heavy atom. The summed E-state index contributed by atoms with van der Waals surface area (Å²) in [7, 11) is 0. The summed E-state index contributed by atoms with van der Waals surface area (Å²) in [5, 5.41) is 31.4. The van der Waals surface area contributed by atoms with Gasteiger partial charge in [0.25, 0.3) is 5.91 Å². The highest BCUT2D eigenvalue weighted by Crippen LogP contribution is 2.21. The van der Waals surface area contributed by atoms with E-state index in [0.29, 0.717) is 17.1 Å². The van der Waals surface area contributed by atoms with Crippen molar-refractivity contribution in [3.63, 3.8) is 0 Å². The van der Waals surface area contributed by atoms with Crippen LogP contribution in [0.15, 0.2) is 36.5 Å². The number of phenols is 1. The van der Waals surface area contributed by atoms with E-state index in [1.165, 1.54) is 27.6 Å². The Bertz CT molecular complexity index is 991. The molecule has 0 saturated heterocycles. The van der Waals surface area contributed by atoms with Crippen LogP contribution >= 0.6 is 0 Å². The van der Waals surface area contributed by atoms with E-state index in [9.17, 15) is 20.0 Å². The van der Waals surface area contributed by atoms with Gasteiger partial charge in [0.05, 0.1) is 4.92 Å². The van der Waals surface area contributed by atoms with Crippen LogP contribution in [0.4, 0.5) is 11.4 Å². The van der Waals surface area contributed by atoms with E-state index in [0.717, 1.165) is 0 Å². The first-order chi connectivity index (χ1) is 12.3. The standard InChI is InChI=1S/C16H16N6O4/c1-10-15(22(25)26)11(2)21(18-10)9-20-7-6-14(19-20)16(24)17-12-4-3-5-13(23)8-12/h3-8,23H,9H2,1-2H3,(H,17,24). The van der Waals surface area contributed by atoms with Crippen molar-refractivity contribution in [3.05, 3.63) is 63.7 Å². The fraction of sp³-hybridized carbons (Fsp3) is 0.188. The van der Waals surface area contributed by atoms with Crippen LogP contribution in [0.5, 0.6) is 5.75 Å². The number of hydrogen-bond acceptors (Lipinski definition) is 6. The number of benzene rings is 1. The largest absolute Gasteiger partial charge is 0.508 e. The molecule has 0 radical (unpaired) electrons. The molecule has 0 atom stereocenters. The lowest BCUT2D eigenvalue weighted by Crippen LogP contribution is -2.15. The first-order valence-corrected chi connectivity index (χ1v) is 7.67. The second-order valence-corrected chi connectivity index (χ2v) is 5.66. The minimum Gasteiger partial charge on any atom is -0.508 e. The van der Waals surface area contributed by atoms with Gasteiger partial charge >= 0.3 is 5.69 Å². The Kier molecular flexibility index (Phi) is 4.40. The Morgan fingerprint density at radius 3 is 2.73 bits per heavy atom. The number of aryl methyl sites for hydroxylation is 1. The fourth-order valence-electron chi connectivity index (χ4n) is 2.57. The fourth-order valence-corrected chi connectivity index (χ4v) is 2.57. The van der Waals surface area contributed by atoms with Gasteiger partial charge in [0.2, 0.25) is 0 Å². The SMILES string of the molecule is Cc1nn(Cn2ccc(C(=O)Nc3cccc(O)c3)n2)c(C)c1[N+](=O)[O-]. The van der Waals surface area contributed by atoms with Gasteiger partial charge in [0.15, 0.2) is 5.69 Å². The lowest BCUT2D eigenvalue weighted by atomic mass is 10.3. The van der Waals surface area contributed by atoms with Crippen molar-refractivity contribution in [2.24, 2.45) is 0 Å². The first kappa shape index (κ1) is 17.1. The smallest absolute Gasteiger partial charge is 0.312 e. The van der Waals surface area contributed by atoms with Gasteiger partial charge in [-0.25, -0.2) is 4.68 Å². The maximum Gasteiger partial charge on any atom is 0.312 e. The van der Waals surface area contributed by atoms with Gasteiger partial charge in [-0.1, -0.05) is 6.07 Å². The molecule has 0 saturated carbocycles. The number of aromatic hydroxyl groups is 1. The minimum absolute atomic E-state index is 0.0287. The molecule has 0 bridgehead atoms. The van der Waals surface area contributed by atoms with Crippen LogP contribution in [-0.2, 0) is 6.67 Å². The minimum atomic E-state index is -0.467. The Balaban J connectivity index is 1.75. The van der Waals surface area contributed by atoms with Crippen LogP contribution < -0.4 is 5.32 Å². The third kappa shape index (κ3) is 3.38. The monoisotopic (exact) mass is 356 g/mol. The number of amides is 1. The van der Waals surface area contributed by atoms with E-state index in [2.05, 4.69) is 15.5 Å². The summed E-state index contributed by atoms with van der Waals surface area (Å²) < 4.78 is 2.91.